The lowest BCUT2D eigenvalue weighted by Crippen LogP contribution is -2.47. The SMILES string of the molecule is CN(CCC(F)(F)F)C(=O)C1(CN)CCCCCC1. The summed E-state index contributed by atoms with van der Waals surface area (Å²) in [5.74, 6) is -0.221. The van der Waals surface area contributed by atoms with Crippen molar-refractivity contribution in [3.05, 3.63) is 0 Å². The van der Waals surface area contributed by atoms with Crippen LogP contribution in [0.5, 0.6) is 0 Å². The van der Waals surface area contributed by atoms with Crippen molar-refractivity contribution in [1.29, 1.82) is 0 Å². The Labute approximate surface area is 112 Å². The molecular weight excluding hydrogens is 257 g/mol. The number of rotatable bonds is 4. The van der Waals surface area contributed by atoms with E-state index in [2.05, 4.69) is 0 Å². The average Bonchev–Trinajstić information content (AvgIpc) is 2.60. The summed E-state index contributed by atoms with van der Waals surface area (Å²) in [5, 5.41) is 0. The van der Waals surface area contributed by atoms with E-state index in [0.29, 0.717) is 12.8 Å². The van der Waals surface area contributed by atoms with E-state index in [-0.39, 0.29) is 19.0 Å². The molecule has 19 heavy (non-hydrogen) atoms. The number of carbonyl (C=O) groups is 1. The summed E-state index contributed by atoms with van der Waals surface area (Å²) < 4.78 is 36.6. The number of nitrogens with two attached hydrogens (primary N) is 1. The van der Waals surface area contributed by atoms with Gasteiger partial charge in [-0.25, -0.2) is 0 Å². The normalized spacial score (nSPS) is 19.8. The van der Waals surface area contributed by atoms with E-state index < -0.39 is 18.0 Å². The van der Waals surface area contributed by atoms with E-state index in [1.807, 2.05) is 0 Å². The molecule has 1 aliphatic carbocycles. The molecule has 0 aromatic heterocycles. The second-order valence-corrected chi connectivity index (χ2v) is 5.49. The molecule has 6 heteroatoms. The van der Waals surface area contributed by atoms with Gasteiger partial charge in [0.05, 0.1) is 11.8 Å². The minimum Gasteiger partial charge on any atom is -0.345 e. The largest absolute Gasteiger partial charge is 0.390 e. The Morgan fingerprint density at radius 3 is 2.16 bits per heavy atom. The molecule has 1 rings (SSSR count). The van der Waals surface area contributed by atoms with Crippen LogP contribution in [0.25, 0.3) is 0 Å². The Bertz CT molecular complexity index is 297. The minimum atomic E-state index is -4.23. The lowest BCUT2D eigenvalue weighted by atomic mass is 9.79. The quantitative estimate of drug-likeness (QED) is 0.805. The molecule has 0 radical (unpaired) electrons. The predicted molar refractivity (Wildman–Crippen MR) is 67.5 cm³/mol. The maximum Gasteiger partial charge on any atom is 0.390 e. The van der Waals surface area contributed by atoms with Gasteiger partial charge in [0.1, 0.15) is 0 Å². The van der Waals surface area contributed by atoms with Gasteiger partial charge in [-0.2, -0.15) is 13.2 Å². The zero-order valence-corrected chi connectivity index (χ0v) is 11.4. The molecule has 1 fully saturated rings. The fraction of sp³-hybridized carbons (Fsp3) is 0.923. The topological polar surface area (TPSA) is 46.3 Å². The van der Waals surface area contributed by atoms with Crippen LogP contribution in [0, 0.1) is 5.41 Å². The smallest absolute Gasteiger partial charge is 0.345 e. The van der Waals surface area contributed by atoms with Crippen LogP contribution in [0.4, 0.5) is 13.2 Å². The summed E-state index contributed by atoms with van der Waals surface area (Å²) in [4.78, 5) is 13.6. The molecule has 0 heterocycles. The number of alkyl halides is 3. The van der Waals surface area contributed by atoms with E-state index >= 15 is 0 Å². The van der Waals surface area contributed by atoms with Crippen molar-refractivity contribution in [2.45, 2.75) is 51.1 Å². The van der Waals surface area contributed by atoms with Crippen molar-refractivity contribution in [2.24, 2.45) is 11.1 Å². The maximum absolute atomic E-state index is 12.4. The number of hydrogen-bond donors (Lipinski definition) is 1. The Hall–Kier alpha value is -0.780. The molecule has 1 saturated carbocycles. The summed E-state index contributed by atoms with van der Waals surface area (Å²) >= 11 is 0. The molecule has 0 bridgehead atoms. The van der Waals surface area contributed by atoms with Crippen LogP contribution in [-0.2, 0) is 4.79 Å². The lowest BCUT2D eigenvalue weighted by Gasteiger charge is -2.34. The second-order valence-electron chi connectivity index (χ2n) is 5.49. The summed E-state index contributed by atoms with van der Waals surface area (Å²) in [6.07, 6.45) is 0.190. The van der Waals surface area contributed by atoms with Crippen molar-refractivity contribution in [1.82, 2.24) is 4.90 Å². The van der Waals surface area contributed by atoms with E-state index in [1.54, 1.807) is 0 Å². The van der Waals surface area contributed by atoms with Crippen LogP contribution < -0.4 is 5.73 Å². The molecule has 2 N–H and O–H groups in total. The Kier molecular flexibility index (Phi) is 5.64. The van der Waals surface area contributed by atoms with Gasteiger partial charge in [-0.1, -0.05) is 25.7 Å². The van der Waals surface area contributed by atoms with Gasteiger partial charge in [-0.3, -0.25) is 4.79 Å². The highest BCUT2D eigenvalue weighted by Crippen LogP contribution is 2.36. The van der Waals surface area contributed by atoms with Crippen molar-refractivity contribution >= 4 is 5.91 Å². The molecule has 0 aliphatic heterocycles. The zero-order chi connectivity index (χ0) is 14.5. The first-order valence-corrected chi connectivity index (χ1v) is 6.83. The van der Waals surface area contributed by atoms with Crippen molar-refractivity contribution in [3.8, 4) is 0 Å². The molecule has 1 aliphatic rings. The monoisotopic (exact) mass is 280 g/mol. The third-order valence-corrected chi connectivity index (χ3v) is 3.98. The van der Waals surface area contributed by atoms with E-state index in [4.69, 9.17) is 5.73 Å². The Morgan fingerprint density at radius 2 is 1.74 bits per heavy atom. The number of amides is 1. The van der Waals surface area contributed by atoms with Gasteiger partial charge in [-0.05, 0) is 12.8 Å². The van der Waals surface area contributed by atoms with Gasteiger partial charge in [-0.15, -0.1) is 0 Å². The first-order valence-electron chi connectivity index (χ1n) is 6.83. The summed E-state index contributed by atoms with van der Waals surface area (Å²) in [7, 11) is 1.44. The molecule has 0 spiro atoms. The van der Waals surface area contributed by atoms with E-state index in [9.17, 15) is 18.0 Å². The van der Waals surface area contributed by atoms with Crippen LogP contribution in [0.3, 0.4) is 0 Å². The molecule has 1 amide bonds. The number of carbonyl (C=O) groups excluding carboxylic acids is 1. The molecule has 0 unspecified atom stereocenters. The number of halogens is 3. The van der Waals surface area contributed by atoms with Gasteiger partial charge >= 0.3 is 6.18 Å². The second kappa shape index (κ2) is 6.59. The molecule has 0 saturated heterocycles. The van der Waals surface area contributed by atoms with Crippen LogP contribution in [0.2, 0.25) is 0 Å². The third-order valence-electron chi connectivity index (χ3n) is 3.98. The summed E-state index contributed by atoms with van der Waals surface area (Å²) in [6, 6.07) is 0. The highest BCUT2D eigenvalue weighted by Gasteiger charge is 2.39. The highest BCUT2D eigenvalue weighted by atomic mass is 19.4. The molecule has 0 aromatic rings. The van der Waals surface area contributed by atoms with Crippen molar-refractivity contribution in [3.63, 3.8) is 0 Å². The van der Waals surface area contributed by atoms with Crippen LogP contribution in [-0.4, -0.2) is 37.1 Å². The van der Waals surface area contributed by atoms with Crippen molar-refractivity contribution < 1.29 is 18.0 Å². The van der Waals surface area contributed by atoms with Gasteiger partial charge in [0.2, 0.25) is 5.91 Å². The third kappa shape index (κ3) is 4.67. The fourth-order valence-corrected chi connectivity index (χ4v) is 2.71. The van der Waals surface area contributed by atoms with Gasteiger partial charge in [0.25, 0.3) is 0 Å². The highest BCUT2D eigenvalue weighted by molar-refractivity contribution is 5.82. The first-order chi connectivity index (χ1) is 8.81. The average molecular weight is 280 g/mol. The fourth-order valence-electron chi connectivity index (χ4n) is 2.71. The standard InChI is InChI=1S/C13H23F3N2O/c1-18(9-8-13(14,15)16)11(19)12(10-17)6-4-2-3-5-7-12/h2-10,17H2,1H3. The first kappa shape index (κ1) is 16.3. The molecule has 0 aromatic carbocycles. The predicted octanol–water partition coefficient (Wildman–Crippen LogP) is 2.70. The summed E-state index contributed by atoms with van der Waals surface area (Å²) in [5.41, 5.74) is 5.12. The van der Waals surface area contributed by atoms with Gasteiger partial charge in [0, 0.05) is 20.1 Å². The number of nitrogens with zero attached hydrogens (tertiary/aromatic N) is 1. The minimum absolute atomic E-state index is 0.221. The lowest BCUT2D eigenvalue weighted by molar-refractivity contribution is -0.150. The molecule has 112 valence electrons. The van der Waals surface area contributed by atoms with E-state index in [0.717, 1.165) is 25.7 Å². The maximum atomic E-state index is 12.4. The van der Waals surface area contributed by atoms with E-state index in [1.165, 1.54) is 11.9 Å². The number of hydrogen-bond acceptors (Lipinski definition) is 2. The Morgan fingerprint density at radius 1 is 1.21 bits per heavy atom. The van der Waals surface area contributed by atoms with Gasteiger partial charge in [0.15, 0.2) is 0 Å². The zero-order valence-electron chi connectivity index (χ0n) is 11.4. The Balaban J connectivity index is 2.66. The van der Waals surface area contributed by atoms with Crippen molar-refractivity contribution in [2.75, 3.05) is 20.1 Å². The molecule has 3 nitrogen and oxygen atoms in total. The van der Waals surface area contributed by atoms with Crippen LogP contribution in [0.15, 0.2) is 0 Å². The summed E-state index contributed by atoms with van der Waals surface area (Å²) in [6.45, 7) is -0.0632. The molecule has 0 atom stereocenters. The molecular formula is C13H23F3N2O. The van der Waals surface area contributed by atoms with Crippen LogP contribution in [0.1, 0.15) is 44.9 Å². The van der Waals surface area contributed by atoms with Gasteiger partial charge < -0.3 is 10.6 Å². The van der Waals surface area contributed by atoms with Crippen LogP contribution >= 0.6 is 0 Å².